The number of likely N-dealkylation sites (tertiary alicyclic amines) is 1. The molecular formula is C16H23NO2. The Morgan fingerprint density at radius 3 is 2.42 bits per heavy atom. The fourth-order valence-electron chi connectivity index (χ4n) is 5.22. The summed E-state index contributed by atoms with van der Waals surface area (Å²) >= 11 is 0. The molecule has 3 aliphatic carbocycles. The van der Waals surface area contributed by atoms with Crippen molar-refractivity contribution >= 4 is 11.8 Å². The highest BCUT2D eigenvalue weighted by atomic mass is 16.2. The summed E-state index contributed by atoms with van der Waals surface area (Å²) in [6.07, 6.45) is 4.68. The minimum absolute atomic E-state index is 0.0738. The van der Waals surface area contributed by atoms with Crippen LogP contribution < -0.4 is 0 Å². The second-order valence-corrected chi connectivity index (χ2v) is 7.74. The fraction of sp³-hybridized carbons (Fsp3) is 0.875. The molecule has 3 nitrogen and oxygen atoms in total. The zero-order chi connectivity index (χ0) is 13.5. The van der Waals surface area contributed by atoms with Crippen molar-refractivity contribution in [3.63, 3.8) is 0 Å². The molecule has 6 unspecified atom stereocenters. The number of imide groups is 1. The molecule has 1 heterocycles. The first kappa shape index (κ1) is 11.9. The highest BCUT2D eigenvalue weighted by molar-refractivity contribution is 6.04. The summed E-state index contributed by atoms with van der Waals surface area (Å²) in [7, 11) is 0. The van der Waals surface area contributed by atoms with Gasteiger partial charge in [0.1, 0.15) is 0 Å². The van der Waals surface area contributed by atoms with Crippen LogP contribution in [0.3, 0.4) is 0 Å². The van der Waals surface area contributed by atoms with E-state index in [4.69, 9.17) is 0 Å². The molecule has 1 aliphatic heterocycles. The molecule has 0 spiro atoms. The second-order valence-electron chi connectivity index (χ2n) is 7.74. The van der Waals surface area contributed by atoms with Crippen molar-refractivity contribution in [2.45, 2.75) is 52.5 Å². The molecule has 4 rings (SSSR count). The summed E-state index contributed by atoms with van der Waals surface area (Å²) in [5.74, 6) is 3.35. The Kier molecular flexibility index (Phi) is 2.15. The van der Waals surface area contributed by atoms with E-state index in [0.717, 1.165) is 18.3 Å². The average molecular weight is 261 g/mol. The van der Waals surface area contributed by atoms with Crippen LogP contribution in [0.25, 0.3) is 0 Å². The zero-order valence-corrected chi connectivity index (χ0v) is 12.1. The Hall–Kier alpha value is -0.860. The van der Waals surface area contributed by atoms with Crippen molar-refractivity contribution in [2.75, 3.05) is 0 Å². The largest absolute Gasteiger partial charge is 0.278 e. The van der Waals surface area contributed by atoms with Gasteiger partial charge in [-0.15, -0.1) is 0 Å². The number of fused-ring (bicyclic) bond motifs is 8. The smallest absolute Gasteiger partial charge is 0.235 e. The van der Waals surface area contributed by atoms with Crippen LogP contribution >= 0.6 is 0 Å². The molecular weight excluding hydrogens is 238 g/mol. The van der Waals surface area contributed by atoms with Gasteiger partial charge in [0.05, 0.1) is 12.0 Å². The van der Waals surface area contributed by atoms with Gasteiger partial charge in [-0.3, -0.25) is 14.5 Å². The Labute approximate surface area is 114 Å². The summed E-state index contributed by atoms with van der Waals surface area (Å²) in [4.78, 5) is 26.7. The fourth-order valence-corrected chi connectivity index (χ4v) is 5.22. The van der Waals surface area contributed by atoms with E-state index in [9.17, 15) is 9.59 Å². The van der Waals surface area contributed by atoms with Crippen molar-refractivity contribution < 1.29 is 9.59 Å². The van der Waals surface area contributed by atoms with Gasteiger partial charge in [0, 0.05) is 5.41 Å². The number of amides is 2. The van der Waals surface area contributed by atoms with Crippen LogP contribution in [0.4, 0.5) is 0 Å². The van der Waals surface area contributed by atoms with Gasteiger partial charge in [-0.25, -0.2) is 0 Å². The van der Waals surface area contributed by atoms with E-state index in [2.05, 4.69) is 0 Å². The molecule has 3 heteroatoms. The van der Waals surface area contributed by atoms with E-state index >= 15 is 0 Å². The molecule has 6 atom stereocenters. The SMILES string of the molecule is CCC(C)(C)C(=O)N1C(=O)C2C3CC(C4CCC43)C21. The summed E-state index contributed by atoms with van der Waals surface area (Å²) in [5.41, 5.74) is -0.387. The molecule has 19 heavy (non-hydrogen) atoms. The number of carbonyl (C=O) groups excluding carboxylic acids is 2. The van der Waals surface area contributed by atoms with Crippen molar-refractivity contribution in [3.8, 4) is 0 Å². The second kappa shape index (κ2) is 3.42. The lowest BCUT2D eigenvalue weighted by Gasteiger charge is -2.56. The number of rotatable bonds is 2. The highest BCUT2D eigenvalue weighted by Crippen LogP contribution is 2.67. The van der Waals surface area contributed by atoms with Crippen LogP contribution in [0, 0.1) is 35.0 Å². The lowest BCUT2D eigenvalue weighted by molar-refractivity contribution is -0.181. The van der Waals surface area contributed by atoms with E-state index in [1.165, 1.54) is 19.3 Å². The van der Waals surface area contributed by atoms with E-state index in [1.807, 2.05) is 20.8 Å². The first-order valence-corrected chi connectivity index (χ1v) is 7.85. The third-order valence-corrected chi connectivity index (χ3v) is 6.80. The highest BCUT2D eigenvalue weighted by Gasteiger charge is 2.71. The standard InChI is InChI=1S/C16H23NO2/c1-4-16(2,3)15(19)17-13-11-7-10(12(13)14(17)18)8-5-6-9(8)11/h8-13H,4-7H2,1-3H3. The summed E-state index contributed by atoms with van der Waals surface area (Å²) < 4.78 is 0. The van der Waals surface area contributed by atoms with Gasteiger partial charge < -0.3 is 0 Å². The molecule has 0 aromatic carbocycles. The van der Waals surface area contributed by atoms with Crippen molar-refractivity contribution in [3.05, 3.63) is 0 Å². The molecule has 3 saturated carbocycles. The third kappa shape index (κ3) is 1.20. The molecule has 0 N–H and O–H groups in total. The Morgan fingerprint density at radius 1 is 1.21 bits per heavy atom. The van der Waals surface area contributed by atoms with Gasteiger partial charge in [0.2, 0.25) is 11.8 Å². The Balaban J connectivity index is 1.61. The first-order chi connectivity index (χ1) is 8.97. The molecule has 0 aromatic heterocycles. The number of nitrogens with zero attached hydrogens (tertiary/aromatic N) is 1. The van der Waals surface area contributed by atoms with Crippen LogP contribution in [0.15, 0.2) is 0 Å². The number of carbonyl (C=O) groups is 2. The van der Waals surface area contributed by atoms with E-state index in [-0.39, 0.29) is 29.2 Å². The van der Waals surface area contributed by atoms with Gasteiger partial charge in [0.15, 0.2) is 0 Å². The minimum atomic E-state index is -0.387. The molecule has 104 valence electrons. The van der Waals surface area contributed by atoms with Gasteiger partial charge in [-0.1, -0.05) is 20.8 Å². The zero-order valence-electron chi connectivity index (χ0n) is 12.1. The Morgan fingerprint density at radius 2 is 1.84 bits per heavy atom. The van der Waals surface area contributed by atoms with Crippen LogP contribution in [-0.4, -0.2) is 22.8 Å². The average Bonchev–Trinajstić information content (AvgIpc) is 2.73. The lowest BCUT2D eigenvalue weighted by Crippen LogP contribution is -2.69. The predicted molar refractivity (Wildman–Crippen MR) is 71.0 cm³/mol. The van der Waals surface area contributed by atoms with Crippen LogP contribution in [0.5, 0.6) is 0 Å². The van der Waals surface area contributed by atoms with Gasteiger partial charge in [-0.2, -0.15) is 0 Å². The van der Waals surface area contributed by atoms with Crippen LogP contribution in [0.1, 0.15) is 46.5 Å². The van der Waals surface area contributed by atoms with Gasteiger partial charge >= 0.3 is 0 Å². The van der Waals surface area contributed by atoms with E-state index in [0.29, 0.717) is 11.8 Å². The summed E-state index contributed by atoms with van der Waals surface area (Å²) in [6.45, 7) is 5.97. The maximum atomic E-state index is 12.6. The molecule has 2 amide bonds. The summed E-state index contributed by atoms with van der Waals surface area (Å²) in [6, 6.07) is 0.275. The Bertz CT molecular complexity index is 469. The first-order valence-electron chi connectivity index (χ1n) is 7.85. The maximum Gasteiger partial charge on any atom is 0.235 e. The van der Waals surface area contributed by atoms with E-state index in [1.54, 1.807) is 4.90 Å². The number of hydrogen-bond acceptors (Lipinski definition) is 2. The third-order valence-electron chi connectivity index (χ3n) is 6.80. The normalized spacial score (nSPS) is 46.5. The molecule has 0 aromatic rings. The molecule has 1 saturated heterocycles. The quantitative estimate of drug-likeness (QED) is 0.716. The summed E-state index contributed by atoms with van der Waals surface area (Å²) in [5, 5.41) is 0. The van der Waals surface area contributed by atoms with Crippen LogP contribution in [0.2, 0.25) is 0 Å². The molecule has 2 bridgehead atoms. The number of hydrogen-bond donors (Lipinski definition) is 0. The predicted octanol–water partition coefficient (Wildman–Crippen LogP) is 2.45. The van der Waals surface area contributed by atoms with E-state index < -0.39 is 0 Å². The van der Waals surface area contributed by atoms with Crippen molar-refractivity contribution in [1.82, 2.24) is 4.90 Å². The maximum absolute atomic E-state index is 12.6. The number of β-lactam (4-membered cyclic amide) rings is 1. The van der Waals surface area contributed by atoms with Gasteiger partial charge in [-0.05, 0) is 49.4 Å². The minimum Gasteiger partial charge on any atom is -0.278 e. The molecule has 4 aliphatic rings. The monoisotopic (exact) mass is 261 g/mol. The topological polar surface area (TPSA) is 37.4 Å². The molecule has 4 fully saturated rings. The lowest BCUT2D eigenvalue weighted by atomic mass is 9.58. The van der Waals surface area contributed by atoms with Crippen LogP contribution in [-0.2, 0) is 9.59 Å². The van der Waals surface area contributed by atoms with Gasteiger partial charge in [0.25, 0.3) is 0 Å². The molecule has 0 radical (unpaired) electrons. The van der Waals surface area contributed by atoms with Crippen molar-refractivity contribution in [2.24, 2.45) is 35.0 Å². The van der Waals surface area contributed by atoms with Crippen molar-refractivity contribution in [1.29, 1.82) is 0 Å².